The average molecular weight is 464 g/mol. The number of hydrogen-bond acceptors (Lipinski definition) is 4. The minimum atomic E-state index is -3.65. The van der Waals surface area contributed by atoms with E-state index in [0.29, 0.717) is 13.0 Å². The van der Waals surface area contributed by atoms with Crippen LogP contribution in [0, 0.1) is 6.92 Å². The summed E-state index contributed by atoms with van der Waals surface area (Å²) in [5.74, 6) is -0.0932. The average Bonchev–Trinajstić information content (AvgIpc) is 3.18. The number of hydrogen-bond donors (Lipinski definition) is 1. The standard InChI is InChI=1S/C26H29N3O3S/c1-4-20-8-13-24(14-9-20)33(31,32)28-26-15-11-21-10-12-23(16-25(21)26)29(19(3)30)17-22-7-5-6-18(2)27-22/h5-10,12-14,16,26,28H,4,11,15,17H2,1-3H3. The minimum absolute atomic E-state index is 0.0932. The van der Waals surface area contributed by atoms with E-state index < -0.39 is 10.0 Å². The number of sulfonamides is 1. The van der Waals surface area contributed by atoms with E-state index in [1.54, 1.807) is 17.0 Å². The van der Waals surface area contributed by atoms with Crippen molar-refractivity contribution in [1.29, 1.82) is 0 Å². The smallest absolute Gasteiger partial charge is 0.241 e. The quantitative estimate of drug-likeness (QED) is 0.561. The number of aromatic nitrogens is 1. The highest BCUT2D eigenvalue weighted by Gasteiger charge is 2.28. The first-order valence-corrected chi connectivity index (χ1v) is 12.7. The van der Waals surface area contributed by atoms with Crippen molar-refractivity contribution in [1.82, 2.24) is 9.71 Å². The van der Waals surface area contributed by atoms with E-state index in [9.17, 15) is 13.2 Å². The number of nitrogens with one attached hydrogen (secondary N) is 1. The zero-order chi connectivity index (χ0) is 23.6. The molecule has 3 aromatic rings. The number of aryl methyl sites for hydroxylation is 3. The number of rotatable bonds is 7. The molecule has 1 amide bonds. The molecule has 4 rings (SSSR count). The lowest BCUT2D eigenvalue weighted by Crippen LogP contribution is -2.29. The zero-order valence-electron chi connectivity index (χ0n) is 19.2. The molecule has 1 aromatic heterocycles. The number of nitrogens with zero attached hydrogens (tertiary/aromatic N) is 2. The van der Waals surface area contributed by atoms with E-state index in [1.165, 1.54) is 6.92 Å². The molecule has 1 aliphatic rings. The van der Waals surface area contributed by atoms with E-state index in [4.69, 9.17) is 0 Å². The molecule has 0 radical (unpaired) electrons. The van der Waals surface area contributed by atoms with Crippen LogP contribution in [0.4, 0.5) is 5.69 Å². The molecular formula is C26H29N3O3S. The Balaban J connectivity index is 1.59. The van der Waals surface area contributed by atoms with Gasteiger partial charge in [0.25, 0.3) is 0 Å². The topological polar surface area (TPSA) is 79.4 Å². The van der Waals surface area contributed by atoms with Crippen molar-refractivity contribution >= 4 is 21.6 Å². The molecule has 33 heavy (non-hydrogen) atoms. The van der Waals surface area contributed by atoms with Gasteiger partial charge in [-0.25, -0.2) is 13.1 Å². The minimum Gasteiger partial charge on any atom is -0.307 e. The summed E-state index contributed by atoms with van der Waals surface area (Å²) < 4.78 is 28.9. The molecule has 0 saturated carbocycles. The number of pyridine rings is 1. The summed E-state index contributed by atoms with van der Waals surface area (Å²) in [6.45, 7) is 5.84. The SMILES string of the molecule is CCc1ccc(S(=O)(=O)NC2CCc3ccc(N(Cc4cccc(C)n4)C(C)=O)cc32)cc1. The molecule has 2 aromatic carbocycles. The predicted octanol–water partition coefficient (Wildman–Crippen LogP) is 4.47. The van der Waals surface area contributed by atoms with Gasteiger partial charge in [-0.05, 0) is 79.3 Å². The second kappa shape index (κ2) is 9.45. The highest BCUT2D eigenvalue weighted by Crippen LogP contribution is 2.35. The highest BCUT2D eigenvalue weighted by molar-refractivity contribution is 7.89. The van der Waals surface area contributed by atoms with Gasteiger partial charge >= 0.3 is 0 Å². The normalized spacial score (nSPS) is 15.3. The first kappa shape index (κ1) is 23.1. The molecule has 0 spiro atoms. The van der Waals surface area contributed by atoms with Gasteiger partial charge in [0, 0.05) is 24.3 Å². The molecule has 1 heterocycles. The van der Waals surface area contributed by atoms with Gasteiger partial charge in [0.15, 0.2) is 0 Å². The summed E-state index contributed by atoms with van der Waals surface area (Å²) in [5, 5.41) is 0. The Labute approximate surface area is 195 Å². The Morgan fingerprint density at radius 1 is 1.12 bits per heavy atom. The number of amides is 1. The molecule has 172 valence electrons. The van der Waals surface area contributed by atoms with Crippen LogP contribution in [-0.2, 0) is 34.2 Å². The van der Waals surface area contributed by atoms with Gasteiger partial charge in [-0.3, -0.25) is 9.78 Å². The lowest BCUT2D eigenvalue weighted by Gasteiger charge is -2.23. The Kier molecular flexibility index (Phi) is 6.63. The van der Waals surface area contributed by atoms with Crippen molar-refractivity contribution in [2.24, 2.45) is 0 Å². The molecule has 0 fully saturated rings. The first-order valence-electron chi connectivity index (χ1n) is 11.2. The van der Waals surface area contributed by atoms with Crippen LogP contribution in [0.3, 0.4) is 0 Å². The van der Waals surface area contributed by atoms with Crippen LogP contribution in [0.15, 0.2) is 65.6 Å². The fourth-order valence-electron chi connectivity index (χ4n) is 4.27. The zero-order valence-corrected chi connectivity index (χ0v) is 20.0. The van der Waals surface area contributed by atoms with E-state index in [0.717, 1.165) is 46.6 Å². The Morgan fingerprint density at radius 2 is 1.88 bits per heavy atom. The molecule has 0 saturated heterocycles. The second-order valence-electron chi connectivity index (χ2n) is 8.47. The molecule has 1 N–H and O–H groups in total. The van der Waals surface area contributed by atoms with E-state index in [2.05, 4.69) is 9.71 Å². The fraction of sp³-hybridized carbons (Fsp3) is 0.308. The van der Waals surface area contributed by atoms with E-state index >= 15 is 0 Å². The fourth-order valence-corrected chi connectivity index (χ4v) is 5.52. The van der Waals surface area contributed by atoms with Crippen molar-refractivity contribution in [2.75, 3.05) is 4.90 Å². The van der Waals surface area contributed by atoms with E-state index in [-0.39, 0.29) is 16.8 Å². The Bertz CT molecular complexity index is 1270. The lowest BCUT2D eigenvalue weighted by molar-refractivity contribution is -0.116. The summed E-state index contributed by atoms with van der Waals surface area (Å²) in [4.78, 5) is 18.9. The van der Waals surface area contributed by atoms with Gasteiger partial charge in [0.1, 0.15) is 0 Å². The van der Waals surface area contributed by atoms with Gasteiger partial charge in [0.2, 0.25) is 15.9 Å². The number of fused-ring (bicyclic) bond motifs is 1. The maximum Gasteiger partial charge on any atom is 0.241 e. The van der Waals surface area contributed by atoms with Crippen LogP contribution >= 0.6 is 0 Å². The van der Waals surface area contributed by atoms with Gasteiger partial charge in [-0.15, -0.1) is 0 Å². The van der Waals surface area contributed by atoms with Crippen molar-refractivity contribution in [2.45, 2.75) is 57.5 Å². The van der Waals surface area contributed by atoms with Gasteiger partial charge in [0.05, 0.1) is 17.1 Å². The Hall–Kier alpha value is -3.03. The molecule has 1 atom stereocenters. The maximum atomic E-state index is 13.0. The Morgan fingerprint density at radius 3 is 2.55 bits per heavy atom. The van der Waals surface area contributed by atoms with Crippen LogP contribution < -0.4 is 9.62 Å². The molecule has 0 aliphatic heterocycles. The molecule has 1 aliphatic carbocycles. The van der Waals surface area contributed by atoms with Gasteiger partial charge in [-0.2, -0.15) is 0 Å². The monoisotopic (exact) mass is 463 g/mol. The third-order valence-corrected chi connectivity index (χ3v) is 7.59. The van der Waals surface area contributed by atoms with Crippen molar-refractivity contribution < 1.29 is 13.2 Å². The summed E-state index contributed by atoms with van der Waals surface area (Å²) in [6, 6.07) is 18.3. The van der Waals surface area contributed by atoms with Crippen LogP contribution in [0.2, 0.25) is 0 Å². The molecule has 0 bridgehead atoms. The number of carbonyl (C=O) groups is 1. The number of benzene rings is 2. The highest BCUT2D eigenvalue weighted by atomic mass is 32.2. The largest absolute Gasteiger partial charge is 0.307 e. The number of carbonyl (C=O) groups excluding carboxylic acids is 1. The van der Waals surface area contributed by atoms with Crippen molar-refractivity contribution in [3.8, 4) is 0 Å². The first-order chi connectivity index (χ1) is 15.8. The molecule has 6 nitrogen and oxygen atoms in total. The third kappa shape index (κ3) is 5.15. The molecular weight excluding hydrogens is 434 g/mol. The third-order valence-electron chi connectivity index (χ3n) is 6.10. The van der Waals surface area contributed by atoms with Crippen LogP contribution in [0.1, 0.15) is 54.4 Å². The summed E-state index contributed by atoms with van der Waals surface area (Å²) in [6.07, 6.45) is 2.33. The summed E-state index contributed by atoms with van der Waals surface area (Å²) in [7, 11) is -3.65. The van der Waals surface area contributed by atoms with Gasteiger partial charge in [-0.1, -0.05) is 31.2 Å². The lowest BCUT2D eigenvalue weighted by atomic mass is 10.1. The summed E-state index contributed by atoms with van der Waals surface area (Å²) in [5.41, 5.74) is 5.56. The van der Waals surface area contributed by atoms with Gasteiger partial charge < -0.3 is 4.90 Å². The summed E-state index contributed by atoms with van der Waals surface area (Å²) >= 11 is 0. The molecule has 7 heteroatoms. The van der Waals surface area contributed by atoms with Crippen LogP contribution in [-0.4, -0.2) is 19.3 Å². The second-order valence-corrected chi connectivity index (χ2v) is 10.2. The van der Waals surface area contributed by atoms with E-state index in [1.807, 2.05) is 62.4 Å². The van der Waals surface area contributed by atoms with Crippen LogP contribution in [0.5, 0.6) is 0 Å². The molecule has 1 unspecified atom stereocenters. The number of anilines is 1. The van der Waals surface area contributed by atoms with Crippen molar-refractivity contribution in [3.63, 3.8) is 0 Å². The predicted molar refractivity (Wildman–Crippen MR) is 129 cm³/mol. The maximum absolute atomic E-state index is 13.0. The van der Waals surface area contributed by atoms with Crippen LogP contribution in [0.25, 0.3) is 0 Å². The van der Waals surface area contributed by atoms with Crippen molar-refractivity contribution in [3.05, 3.63) is 88.7 Å².